The van der Waals surface area contributed by atoms with Crippen LogP contribution in [0.15, 0.2) is 77.7 Å². The van der Waals surface area contributed by atoms with E-state index in [1.165, 1.54) is 43.4 Å². The van der Waals surface area contributed by atoms with Crippen LogP contribution in [-0.2, 0) is 26.2 Å². The Labute approximate surface area is 254 Å². The molecule has 0 bridgehead atoms. The molecule has 10 nitrogen and oxygen atoms in total. The molecule has 3 aromatic carbocycles. The number of methoxy groups -OCH3 is 3. The van der Waals surface area contributed by atoms with E-state index in [1.807, 2.05) is 32.9 Å². The monoisotopic (exact) mass is 611 g/mol. The first kappa shape index (κ1) is 33.3. The maximum Gasteiger partial charge on any atom is 0.264 e. The topological polar surface area (TPSA) is 114 Å². The number of hydrogen-bond donors (Lipinski definition) is 1. The molecule has 0 radical (unpaired) electrons. The first-order chi connectivity index (χ1) is 20.6. The second kappa shape index (κ2) is 15.3. The average Bonchev–Trinajstić information content (AvgIpc) is 3.03. The Morgan fingerprint density at radius 3 is 1.93 bits per heavy atom. The van der Waals surface area contributed by atoms with Crippen LogP contribution < -0.4 is 23.8 Å². The summed E-state index contributed by atoms with van der Waals surface area (Å²) in [6, 6.07) is 18.7. The minimum absolute atomic E-state index is 0.0322. The SMILES string of the molecule is CC[C@@H](C)NC(=O)[C@H](CC)N(Cc1ccc(OC)cc1)C(=O)CN(c1ccccc1OC)S(=O)(=O)c1ccc(OC)cc1. The Morgan fingerprint density at radius 2 is 1.40 bits per heavy atom. The van der Waals surface area contributed by atoms with E-state index in [2.05, 4.69) is 5.32 Å². The molecule has 0 aliphatic carbocycles. The molecule has 0 aliphatic rings. The van der Waals surface area contributed by atoms with Gasteiger partial charge in [-0.05, 0) is 73.9 Å². The average molecular weight is 612 g/mol. The van der Waals surface area contributed by atoms with Gasteiger partial charge in [0.15, 0.2) is 0 Å². The molecule has 1 N–H and O–H groups in total. The number of rotatable bonds is 15. The fourth-order valence-electron chi connectivity index (χ4n) is 4.51. The van der Waals surface area contributed by atoms with Crippen LogP contribution in [0.1, 0.15) is 39.2 Å². The normalized spacial score (nSPS) is 12.5. The first-order valence-corrected chi connectivity index (χ1v) is 15.6. The van der Waals surface area contributed by atoms with E-state index in [0.29, 0.717) is 17.9 Å². The van der Waals surface area contributed by atoms with Crippen molar-refractivity contribution in [3.05, 3.63) is 78.4 Å². The molecule has 43 heavy (non-hydrogen) atoms. The molecule has 0 heterocycles. The smallest absolute Gasteiger partial charge is 0.264 e. The Kier molecular flexibility index (Phi) is 11.8. The van der Waals surface area contributed by atoms with Gasteiger partial charge in [-0.3, -0.25) is 13.9 Å². The second-order valence-corrected chi connectivity index (χ2v) is 11.8. The lowest BCUT2D eigenvalue weighted by Crippen LogP contribution is -2.53. The summed E-state index contributed by atoms with van der Waals surface area (Å²) in [4.78, 5) is 29.1. The number of benzene rings is 3. The summed E-state index contributed by atoms with van der Waals surface area (Å²) in [5, 5.41) is 2.97. The Hall–Kier alpha value is -4.25. The largest absolute Gasteiger partial charge is 0.497 e. The van der Waals surface area contributed by atoms with Gasteiger partial charge in [-0.1, -0.05) is 38.1 Å². The highest BCUT2D eigenvalue weighted by Crippen LogP contribution is 2.33. The van der Waals surface area contributed by atoms with E-state index in [4.69, 9.17) is 14.2 Å². The van der Waals surface area contributed by atoms with E-state index in [0.717, 1.165) is 16.3 Å². The number of carbonyl (C=O) groups excluding carboxylic acids is 2. The van der Waals surface area contributed by atoms with Crippen molar-refractivity contribution in [3.8, 4) is 17.2 Å². The van der Waals surface area contributed by atoms with Gasteiger partial charge in [0.1, 0.15) is 29.8 Å². The van der Waals surface area contributed by atoms with Crippen molar-refractivity contribution >= 4 is 27.5 Å². The zero-order valence-electron chi connectivity index (χ0n) is 25.6. The molecular weight excluding hydrogens is 570 g/mol. The Balaban J connectivity index is 2.09. The third-order valence-corrected chi connectivity index (χ3v) is 8.95. The van der Waals surface area contributed by atoms with Gasteiger partial charge in [0.2, 0.25) is 11.8 Å². The maximum atomic E-state index is 14.2. The molecule has 3 aromatic rings. The van der Waals surface area contributed by atoms with Crippen molar-refractivity contribution in [1.29, 1.82) is 0 Å². The van der Waals surface area contributed by atoms with E-state index in [1.54, 1.807) is 43.5 Å². The van der Waals surface area contributed by atoms with Crippen LogP contribution in [0.2, 0.25) is 0 Å². The highest BCUT2D eigenvalue weighted by Gasteiger charge is 2.35. The number of sulfonamides is 1. The number of amides is 2. The number of nitrogens with zero attached hydrogens (tertiary/aromatic N) is 2. The molecule has 2 amide bonds. The molecule has 0 aromatic heterocycles. The number of ether oxygens (including phenoxy) is 3. The zero-order valence-corrected chi connectivity index (χ0v) is 26.4. The standard InChI is InChI=1S/C32H41N3O7S/c1-7-23(3)33-32(37)28(8-2)34(21-24-13-15-25(40-4)16-14-24)31(36)22-35(29-11-9-10-12-30(29)42-6)43(38,39)27-19-17-26(41-5)18-20-27/h9-20,23,28H,7-8,21-22H2,1-6H3,(H,33,37)/t23-,28+/m1/s1. The van der Waals surface area contributed by atoms with Gasteiger partial charge in [-0.2, -0.15) is 0 Å². The molecule has 0 spiro atoms. The molecule has 232 valence electrons. The van der Waals surface area contributed by atoms with Crippen LogP contribution in [0.3, 0.4) is 0 Å². The summed E-state index contributed by atoms with van der Waals surface area (Å²) < 4.78 is 45.2. The summed E-state index contributed by atoms with van der Waals surface area (Å²) in [5.41, 5.74) is 0.946. The number of para-hydroxylation sites is 2. The molecular formula is C32H41N3O7S. The predicted molar refractivity (Wildman–Crippen MR) is 166 cm³/mol. The molecule has 3 rings (SSSR count). The fourth-order valence-corrected chi connectivity index (χ4v) is 5.94. The molecule has 0 saturated heterocycles. The highest BCUT2D eigenvalue weighted by atomic mass is 32.2. The molecule has 0 aliphatic heterocycles. The van der Waals surface area contributed by atoms with Crippen LogP contribution in [0, 0.1) is 0 Å². The molecule has 11 heteroatoms. The van der Waals surface area contributed by atoms with Gasteiger partial charge in [0.25, 0.3) is 10.0 Å². The van der Waals surface area contributed by atoms with Crippen LogP contribution in [-0.4, -0.2) is 65.1 Å². The summed E-state index contributed by atoms with van der Waals surface area (Å²) in [7, 11) is 0.218. The van der Waals surface area contributed by atoms with E-state index in [-0.39, 0.29) is 34.8 Å². The van der Waals surface area contributed by atoms with Crippen molar-refractivity contribution in [2.75, 3.05) is 32.2 Å². The molecule has 0 saturated carbocycles. The van der Waals surface area contributed by atoms with E-state index < -0.39 is 28.5 Å². The van der Waals surface area contributed by atoms with Crippen molar-refractivity contribution in [2.45, 2.75) is 57.1 Å². The summed E-state index contributed by atoms with van der Waals surface area (Å²) in [6.07, 6.45) is 1.04. The third kappa shape index (κ3) is 8.19. The van der Waals surface area contributed by atoms with Crippen LogP contribution in [0.4, 0.5) is 5.69 Å². The van der Waals surface area contributed by atoms with Gasteiger partial charge in [-0.25, -0.2) is 8.42 Å². The molecule has 0 fully saturated rings. The predicted octanol–water partition coefficient (Wildman–Crippen LogP) is 4.63. The summed E-state index contributed by atoms with van der Waals surface area (Å²) in [5.74, 6) is 0.555. The second-order valence-electron chi connectivity index (χ2n) is 9.97. The van der Waals surface area contributed by atoms with Gasteiger partial charge in [0, 0.05) is 12.6 Å². The van der Waals surface area contributed by atoms with Crippen molar-refractivity contribution in [2.24, 2.45) is 0 Å². The van der Waals surface area contributed by atoms with Gasteiger partial charge in [-0.15, -0.1) is 0 Å². The number of hydrogen-bond acceptors (Lipinski definition) is 7. The van der Waals surface area contributed by atoms with Gasteiger partial charge >= 0.3 is 0 Å². The van der Waals surface area contributed by atoms with Crippen molar-refractivity contribution in [1.82, 2.24) is 10.2 Å². The van der Waals surface area contributed by atoms with Crippen LogP contribution >= 0.6 is 0 Å². The highest BCUT2D eigenvalue weighted by molar-refractivity contribution is 7.92. The lowest BCUT2D eigenvalue weighted by molar-refractivity contribution is -0.140. The van der Waals surface area contributed by atoms with Gasteiger partial charge in [0.05, 0.1) is 31.9 Å². The Morgan fingerprint density at radius 1 is 0.814 bits per heavy atom. The zero-order chi connectivity index (χ0) is 31.6. The lowest BCUT2D eigenvalue weighted by Gasteiger charge is -2.34. The van der Waals surface area contributed by atoms with E-state index in [9.17, 15) is 18.0 Å². The van der Waals surface area contributed by atoms with Crippen LogP contribution in [0.25, 0.3) is 0 Å². The third-order valence-electron chi connectivity index (χ3n) is 7.18. The molecule has 2 atom stereocenters. The summed E-state index contributed by atoms with van der Waals surface area (Å²) >= 11 is 0. The van der Waals surface area contributed by atoms with Gasteiger partial charge < -0.3 is 24.4 Å². The van der Waals surface area contributed by atoms with Crippen molar-refractivity contribution < 1.29 is 32.2 Å². The quantitative estimate of drug-likeness (QED) is 0.267. The van der Waals surface area contributed by atoms with Crippen LogP contribution in [0.5, 0.6) is 17.2 Å². The number of carbonyl (C=O) groups is 2. The summed E-state index contributed by atoms with van der Waals surface area (Å²) in [6.45, 7) is 5.18. The minimum atomic E-state index is -4.26. The lowest BCUT2D eigenvalue weighted by atomic mass is 10.1. The number of anilines is 1. The van der Waals surface area contributed by atoms with E-state index >= 15 is 0 Å². The first-order valence-electron chi connectivity index (χ1n) is 14.1. The number of nitrogens with one attached hydrogen (secondary N) is 1. The Bertz CT molecular complexity index is 1460. The fraction of sp³-hybridized carbons (Fsp3) is 0.375. The minimum Gasteiger partial charge on any atom is -0.497 e. The maximum absolute atomic E-state index is 14.2. The van der Waals surface area contributed by atoms with Crippen molar-refractivity contribution in [3.63, 3.8) is 0 Å². The molecule has 0 unspecified atom stereocenters.